The summed E-state index contributed by atoms with van der Waals surface area (Å²) < 4.78 is 0. The smallest absolute Gasteiger partial charge is 0.304 e. The van der Waals surface area contributed by atoms with Crippen LogP contribution in [0.2, 0.25) is 0 Å². The van der Waals surface area contributed by atoms with Gasteiger partial charge in [0.25, 0.3) is 0 Å². The number of carboxylic acid groups (broad SMARTS) is 1. The van der Waals surface area contributed by atoms with Gasteiger partial charge in [-0.1, -0.05) is 13.3 Å². The minimum absolute atomic E-state index is 0.288. The van der Waals surface area contributed by atoms with Gasteiger partial charge >= 0.3 is 5.97 Å². The maximum absolute atomic E-state index is 10.2. The quantitative estimate of drug-likeness (QED) is 0.656. The monoisotopic (exact) mass is 157 g/mol. The van der Waals surface area contributed by atoms with Crippen molar-refractivity contribution in [3.63, 3.8) is 0 Å². The second kappa shape index (κ2) is 3.72. The van der Waals surface area contributed by atoms with Gasteiger partial charge in [0.15, 0.2) is 0 Å². The van der Waals surface area contributed by atoms with Crippen LogP contribution in [0.25, 0.3) is 0 Å². The zero-order valence-electron chi connectivity index (χ0n) is 6.92. The number of rotatable bonds is 4. The molecule has 0 atom stereocenters. The summed E-state index contributed by atoms with van der Waals surface area (Å²) in [4.78, 5) is 12.4. The molecule has 1 saturated heterocycles. The molecule has 0 amide bonds. The predicted molar refractivity (Wildman–Crippen MR) is 42.5 cm³/mol. The molecule has 0 aromatic heterocycles. The fourth-order valence-electron chi connectivity index (χ4n) is 1.37. The fourth-order valence-corrected chi connectivity index (χ4v) is 1.37. The zero-order chi connectivity index (χ0) is 8.27. The molecule has 1 aliphatic heterocycles. The lowest BCUT2D eigenvalue weighted by atomic mass is 9.97. The molecule has 0 unspecified atom stereocenters. The summed E-state index contributed by atoms with van der Waals surface area (Å²) in [5.74, 6) is 0.133. The number of nitrogens with zero attached hydrogens (tertiary/aromatic N) is 1. The van der Waals surface area contributed by atoms with Gasteiger partial charge in [-0.05, 0) is 5.92 Å². The van der Waals surface area contributed by atoms with E-state index < -0.39 is 5.97 Å². The maximum Gasteiger partial charge on any atom is 0.304 e. The lowest BCUT2D eigenvalue weighted by Gasteiger charge is -2.38. The molecule has 3 nitrogen and oxygen atoms in total. The first-order valence-electron chi connectivity index (χ1n) is 4.16. The SMILES string of the molecule is CCC1CN(CCC(=O)O)C1. The number of carbonyl (C=O) groups is 1. The van der Waals surface area contributed by atoms with Gasteiger partial charge in [-0.2, -0.15) is 0 Å². The van der Waals surface area contributed by atoms with E-state index >= 15 is 0 Å². The number of hydrogen-bond donors (Lipinski definition) is 1. The van der Waals surface area contributed by atoms with Gasteiger partial charge in [0.1, 0.15) is 0 Å². The first-order chi connectivity index (χ1) is 5.22. The highest BCUT2D eigenvalue weighted by atomic mass is 16.4. The van der Waals surface area contributed by atoms with Crippen molar-refractivity contribution in [1.82, 2.24) is 4.90 Å². The van der Waals surface area contributed by atoms with Gasteiger partial charge in [0.2, 0.25) is 0 Å². The van der Waals surface area contributed by atoms with Gasteiger partial charge in [0, 0.05) is 19.6 Å². The summed E-state index contributed by atoms with van der Waals surface area (Å²) in [6, 6.07) is 0. The topological polar surface area (TPSA) is 40.5 Å². The molecule has 0 bridgehead atoms. The normalized spacial score (nSPS) is 19.7. The molecule has 0 aliphatic carbocycles. The van der Waals surface area contributed by atoms with E-state index in [1.165, 1.54) is 6.42 Å². The highest BCUT2D eigenvalue weighted by Crippen LogP contribution is 2.17. The molecule has 0 aromatic rings. The molecule has 1 rings (SSSR count). The van der Waals surface area contributed by atoms with Crippen molar-refractivity contribution in [1.29, 1.82) is 0 Å². The van der Waals surface area contributed by atoms with Gasteiger partial charge in [-0.25, -0.2) is 0 Å². The van der Waals surface area contributed by atoms with Crippen LogP contribution in [0.15, 0.2) is 0 Å². The van der Waals surface area contributed by atoms with Crippen molar-refractivity contribution in [2.75, 3.05) is 19.6 Å². The molecule has 0 spiro atoms. The van der Waals surface area contributed by atoms with Crippen molar-refractivity contribution >= 4 is 5.97 Å². The Kier molecular flexibility index (Phi) is 2.88. The molecule has 1 fully saturated rings. The molecular formula is C8H15NO2. The van der Waals surface area contributed by atoms with Crippen LogP contribution in [-0.4, -0.2) is 35.6 Å². The molecule has 1 heterocycles. The van der Waals surface area contributed by atoms with Crippen LogP contribution in [0.1, 0.15) is 19.8 Å². The highest BCUT2D eigenvalue weighted by molar-refractivity contribution is 5.66. The van der Waals surface area contributed by atoms with Gasteiger partial charge in [0.05, 0.1) is 6.42 Å². The Bertz CT molecular complexity index is 141. The first kappa shape index (κ1) is 8.53. The van der Waals surface area contributed by atoms with Gasteiger partial charge in [-0.15, -0.1) is 0 Å². The van der Waals surface area contributed by atoms with E-state index in [9.17, 15) is 4.79 Å². The van der Waals surface area contributed by atoms with Gasteiger partial charge < -0.3 is 10.0 Å². The highest BCUT2D eigenvalue weighted by Gasteiger charge is 2.24. The Labute approximate surface area is 67.0 Å². The van der Waals surface area contributed by atoms with E-state index in [1.54, 1.807) is 0 Å². The summed E-state index contributed by atoms with van der Waals surface area (Å²) in [7, 11) is 0. The Morgan fingerprint density at radius 1 is 1.64 bits per heavy atom. The number of aliphatic carboxylic acids is 1. The lowest BCUT2D eigenvalue weighted by Crippen LogP contribution is -2.46. The Hall–Kier alpha value is -0.570. The summed E-state index contributed by atoms with van der Waals surface area (Å²) in [5, 5.41) is 8.38. The maximum atomic E-state index is 10.2. The van der Waals surface area contributed by atoms with E-state index in [-0.39, 0.29) is 6.42 Å². The first-order valence-corrected chi connectivity index (χ1v) is 4.16. The van der Waals surface area contributed by atoms with E-state index in [0.717, 1.165) is 25.6 Å². The minimum atomic E-state index is -0.690. The zero-order valence-corrected chi connectivity index (χ0v) is 6.92. The standard InChI is InChI=1S/C8H15NO2/c1-2-7-5-9(6-7)4-3-8(10)11/h7H,2-6H2,1H3,(H,10,11). The van der Waals surface area contributed by atoms with Gasteiger partial charge in [-0.3, -0.25) is 4.79 Å². The van der Waals surface area contributed by atoms with Crippen LogP contribution < -0.4 is 0 Å². The Balaban J connectivity index is 2.00. The summed E-state index contributed by atoms with van der Waals surface area (Å²) >= 11 is 0. The molecule has 0 saturated carbocycles. The van der Waals surface area contributed by atoms with E-state index in [1.807, 2.05) is 0 Å². The molecule has 3 heteroatoms. The largest absolute Gasteiger partial charge is 0.481 e. The predicted octanol–water partition coefficient (Wildman–Crippen LogP) is 0.803. The van der Waals surface area contributed by atoms with Crippen molar-refractivity contribution in [3.05, 3.63) is 0 Å². The fraction of sp³-hybridized carbons (Fsp3) is 0.875. The van der Waals surface area contributed by atoms with Crippen molar-refractivity contribution in [2.45, 2.75) is 19.8 Å². The van der Waals surface area contributed by atoms with Crippen LogP contribution in [0.5, 0.6) is 0 Å². The summed E-state index contributed by atoms with van der Waals surface area (Å²) in [6.45, 7) is 5.11. The average molecular weight is 157 g/mol. The third kappa shape index (κ3) is 2.50. The van der Waals surface area contributed by atoms with Crippen molar-refractivity contribution < 1.29 is 9.90 Å². The van der Waals surface area contributed by atoms with Crippen LogP contribution in [-0.2, 0) is 4.79 Å². The van der Waals surface area contributed by atoms with Crippen LogP contribution >= 0.6 is 0 Å². The molecule has 11 heavy (non-hydrogen) atoms. The van der Waals surface area contributed by atoms with Crippen LogP contribution in [0.4, 0.5) is 0 Å². The molecule has 0 radical (unpaired) electrons. The second-order valence-corrected chi connectivity index (χ2v) is 3.18. The lowest BCUT2D eigenvalue weighted by molar-refractivity contribution is -0.137. The summed E-state index contributed by atoms with van der Waals surface area (Å²) in [6.07, 6.45) is 1.51. The third-order valence-electron chi connectivity index (χ3n) is 2.25. The molecule has 0 aromatic carbocycles. The Morgan fingerprint density at radius 2 is 2.27 bits per heavy atom. The second-order valence-electron chi connectivity index (χ2n) is 3.18. The minimum Gasteiger partial charge on any atom is -0.481 e. The van der Waals surface area contributed by atoms with Crippen molar-refractivity contribution in [3.8, 4) is 0 Å². The molecule has 1 N–H and O–H groups in total. The number of likely N-dealkylation sites (tertiary alicyclic amines) is 1. The average Bonchev–Trinajstić information content (AvgIpc) is 1.84. The van der Waals surface area contributed by atoms with Crippen LogP contribution in [0, 0.1) is 5.92 Å². The van der Waals surface area contributed by atoms with Crippen LogP contribution in [0.3, 0.4) is 0 Å². The Morgan fingerprint density at radius 3 is 2.73 bits per heavy atom. The molecule has 64 valence electrons. The van der Waals surface area contributed by atoms with E-state index in [0.29, 0.717) is 0 Å². The molecule has 1 aliphatic rings. The number of hydrogen-bond acceptors (Lipinski definition) is 2. The van der Waals surface area contributed by atoms with Crippen molar-refractivity contribution in [2.24, 2.45) is 5.92 Å². The summed E-state index contributed by atoms with van der Waals surface area (Å²) in [5.41, 5.74) is 0. The van der Waals surface area contributed by atoms with E-state index in [2.05, 4.69) is 11.8 Å². The van der Waals surface area contributed by atoms with E-state index in [4.69, 9.17) is 5.11 Å². The number of carboxylic acids is 1. The third-order valence-corrected chi connectivity index (χ3v) is 2.25. The molecular weight excluding hydrogens is 142 g/mol.